The van der Waals surface area contributed by atoms with Gasteiger partial charge in [0.05, 0.1) is 10.4 Å². The van der Waals surface area contributed by atoms with E-state index >= 15 is 0 Å². The molecule has 12 rings (SSSR count). The lowest BCUT2D eigenvalue weighted by atomic mass is 9.97. The van der Waals surface area contributed by atoms with E-state index in [1.165, 1.54) is 101 Å². The molecule has 0 fully saturated rings. The molecule has 0 saturated carbocycles. The van der Waals surface area contributed by atoms with E-state index in [-0.39, 0.29) is 0 Å². The van der Waals surface area contributed by atoms with Crippen LogP contribution in [0.25, 0.3) is 95.3 Å². The van der Waals surface area contributed by atoms with Crippen molar-refractivity contribution in [2.24, 2.45) is 0 Å². The predicted molar refractivity (Wildman–Crippen MR) is 258 cm³/mol. The molecule has 2 heterocycles. The maximum atomic E-state index is 2.44. The Hall–Kier alpha value is -7.04. The monoisotopic (exact) mass is 785 g/mol. The molecule has 59 heavy (non-hydrogen) atoms. The van der Waals surface area contributed by atoms with Gasteiger partial charge in [-0.15, -0.1) is 22.7 Å². The van der Waals surface area contributed by atoms with E-state index in [2.05, 4.69) is 217 Å². The van der Waals surface area contributed by atoms with Gasteiger partial charge in [-0.2, -0.15) is 0 Å². The van der Waals surface area contributed by atoms with Crippen LogP contribution in [0.4, 0.5) is 17.1 Å². The smallest absolute Gasteiger partial charge is 0.0640 e. The number of hydrogen-bond donors (Lipinski definition) is 0. The molecular weight excluding hydrogens is 751 g/mol. The van der Waals surface area contributed by atoms with Crippen molar-refractivity contribution in [2.75, 3.05) is 4.90 Å². The van der Waals surface area contributed by atoms with Crippen LogP contribution in [-0.4, -0.2) is 0 Å². The van der Waals surface area contributed by atoms with Crippen molar-refractivity contribution in [1.82, 2.24) is 0 Å². The lowest BCUT2D eigenvalue weighted by Crippen LogP contribution is -2.10. The SMILES string of the molecule is c1ccc(-c2cccc3c2sc2c(N(c4ccc(-c5ccc6ccc7ccccc7c6c5)cc4)c4ccc(-c5ccc6sc7ccccc7c6c5)cc4)cccc23)cc1. The number of hydrogen-bond acceptors (Lipinski definition) is 3. The summed E-state index contributed by atoms with van der Waals surface area (Å²) in [5.41, 5.74) is 10.8. The summed E-state index contributed by atoms with van der Waals surface area (Å²) < 4.78 is 5.24. The van der Waals surface area contributed by atoms with Crippen LogP contribution in [0, 0.1) is 0 Å². The summed E-state index contributed by atoms with van der Waals surface area (Å²) in [5, 5.41) is 10.3. The van der Waals surface area contributed by atoms with E-state index in [9.17, 15) is 0 Å². The summed E-state index contributed by atoms with van der Waals surface area (Å²) in [4.78, 5) is 2.44. The summed E-state index contributed by atoms with van der Waals surface area (Å²) in [5.74, 6) is 0. The van der Waals surface area contributed by atoms with Crippen LogP contribution in [-0.2, 0) is 0 Å². The Morgan fingerprint density at radius 3 is 1.59 bits per heavy atom. The van der Waals surface area contributed by atoms with Gasteiger partial charge in [0.1, 0.15) is 0 Å². The molecule has 0 N–H and O–H groups in total. The number of rotatable bonds is 6. The third-order valence-electron chi connectivity index (χ3n) is 11.9. The minimum atomic E-state index is 1.12. The Kier molecular flexibility index (Phi) is 7.97. The van der Waals surface area contributed by atoms with Crippen LogP contribution in [0.15, 0.2) is 212 Å². The van der Waals surface area contributed by atoms with Crippen LogP contribution in [0.1, 0.15) is 0 Å². The first kappa shape index (κ1) is 34.0. The second-order valence-corrected chi connectivity index (χ2v) is 17.4. The summed E-state index contributed by atoms with van der Waals surface area (Å²) in [7, 11) is 0. The van der Waals surface area contributed by atoms with Gasteiger partial charge in [-0.05, 0) is 110 Å². The van der Waals surface area contributed by atoms with Crippen LogP contribution in [0.5, 0.6) is 0 Å². The zero-order valence-electron chi connectivity index (χ0n) is 32.0. The lowest BCUT2D eigenvalue weighted by Gasteiger charge is -2.26. The maximum Gasteiger partial charge on any atom is 0.0640 e. The van der Waals surface area contributed by atoms with Gasteiger partial charge in [-0.25, -0.2) is 0 Å². The van der Waals surface area contributed by atoms with Gasteiger partial charge in [-0.1, -0.05) is 158 Å². The second-order valence-electron chi connectivity index (χ2n) is 15.3. The highest BCUT2D eigenvalue weighted by molar-refractivity contribution is 7.27. The Balaban J connectivity index is 0.997. The standard InChI is InChI=1S/C56H35NS2/c1-2-10-38(11-3-1)46-15-8-16-48-49-17-9-18-52(56(49)59-55(46)48)57(44-31-26-37(27-32-44)42-28-33-54-51(35-42)47-14-6-7-19-53(47)58-54)43-29-24-36(25-30-43)41-23-22-40-21-20-39-12-4-5-13-45(39)50(40)34-41/h1-35H. The van der Waals surface area contributed by atoms with E-state index in [0.29, 0.717) is 0 Å². The average Bonchev–Trinajstić information content (AvgIpc) is 3.88. The molecule has 0 spiro atoms. The molecule has 0 bridgehead atoms. The van der Waals surface area contributed by atoms with Crippen molar-refractivity contribution in [2.45, 2.75) is 0 Å². The van der Waals surface area contributed by atoms with E-state index in [1.807, 2.05) is 22.7 Å². The number of benzene rings is 10. The normalized spacial score (nSPS) is 11.7. The molecule has 12 aromatic rings. The zero-order valence-corrected chi connectivity index (χ0v) is 33.6. The fourth-order valence-electron chi connectivity index (χ4n) is 8.95. The lowest BCUT2D eigenvalue weighted by molar-refractivity contribution is 1.30. The third kappa shape index (κ3) is 5.73. The quantitative estimate of drug-likeness (QED) is 0.152. The number of anilines is 3. The molecular formula is C56H35NS2. The van der Waals surface area contributed by atoms with Gasteiger partial charge in [0.25, 0.3) is 0 Å². The molecule has 2 aromatic heterocycles. The minimum absolute atomic E-state index is 1.12. The largest absolute Gasteiger partial charge is 0.309 e. The number of thiophene rings is 2. The molecule has 1 nitrogen and oxygen atoms in total. The fraction of sp³-hybridized carbons (Fsp3) is 0. The summed E-state index contributed by atoms with van der Waals surface area (Å²) in [6, 6.07) is 78.2. The summed E-state index contributed by atoms with van der Waals surface area (Å²) in [6.07, 6.45) is 0. The van der Waals surface area contributed by atoms with Crippen molar-refractivity contribution in [3.8, 4) is 33.4 Å². The first-order valence-corrected chi connectivity index (χ1v) is 21.7. The minimum Gasteiger partial charge on any atom is -0.309 e. The molecule has 0 radical (unpaired) electrons. The Morgan fingerprint density at radius 2 is 0.831 bits per heavy atom. The van der Waals surface area contributed by atoms with Gasteiger partial charge in [0.15, 0.2) is 0 Å². The molecule has 10 aromatic carbocycles. The molecule has 0 aliphatic rings. The topological polar surface area (TPSA) is 3.24 Å². The van der Waals surface area contributed by atoms with E-state index in [0.717, 1.165) is 11.4 Å². The van der Waals surface area contributed by atoms with Crippen molar-refractivity contribution < 1.29 is 0 Å². The number of nitrogens with zero attached hydrogens (tertiary/aromatic N) is 1. The molecule has 276 valence electrons. The highest BCUT2D eigenvalue weighted by atomic mass is 32.1. The molecule has 0 aliphatic heterocycles. The third-order valence-corrected chi connectivity index (χ3v) is 14.3. The average molecular weight is 786 g/mol. The summed E-state index contributed by atoms with van der Waals surface area (Å²) >= 11 is 3.75. The van der Waals surface area contributed by atoms with Crippen LogP contribution < -0.4 is 4.90 Å². The molecule has 0 saturated heterocycles. The van der Waals surface area contributed by atoms with Crippen molar-refractivity contribution in [3.63, 3.8) is 0 Å². The van der Waals surface area contributed by atoms with Gasteiger partial charge < -0.3 is 4.90 Å². The second kappa shape index (κ2) is 13.8. The predicted octanol–water partition coefficient (Wildman–Crippen LogP) is 17.2. The first-order valence-electron chi connectivity index (χ1n) is 20.1. The maximum absolute atomic E-state index is 2.44. The molecule has 0 aliphatic carbocycles. The van der Waals surface area contributed by atoms with Gasteiger partial charge >= 0.3 is 0 Å². The Bertz CT molecular complexity index is 3540. The highest BCUT2D eigenvalue weighted by Gasteiger charge is 2.20. The Morgan fingerprint density at radius 1 is 0.288 bits per heavy atom. The molecule has 0 atom stereocenters. The van der Waals surface area contributed by atoms with Crippen molar-refractivity contribution in [1.29, 1.82) is 0 Å². The molecule has 0 amide bonds. The van der Waals surface area contributed by atoms with Crippen molar-refractivity contribution in [3.05, 3.63) is 212 Å². The van der Waals surface area contributed by atoms with Crippen molar-refractivity contribution >= 4 is 102 Å². The highest BCUT2D eigenvalue weighted by Crippen LogP contribution is 2.47. The summed E-state index contributed by atoms with van der Waals surface area (Å²) in [6.45, 7) is 0. The number of fused-ring (bicyclic) bond motifs is 9. The Labute approximate surface area is 350 Å². The van der Waals surface area contributed by atoms with Gasteiger partial charge in [0.2, 0.25) is 0 Å². The van der Waals surface area contributed by atoms with E-state index in [1.54, 1.807) is 0 Å². The first-order chi connectivity index (χ1) is 29.2. The van der Waals surface area contributed by atoms with E-state index < -0.39 is 0 Å². The van der Waals surface area contributed by atoms with Gasteiger partial charge in [0, 0.05) is 47.0 Å². The van der Waals surface area contributed by atoms with Crippen LogP contribution in [0.3, 0.4) is 0 Å². The molecule has 3 heteroatoms. The zero-order chi connectivity index (χ0) is 38.9. The van der Waals surface area contributed by atoms with E-state index in [4.69, 9.17) is 0 Å². The molecule has 0 unspecified atom stereocenters. The fourth-order valence-corrected chi connectivity index (χ4v) is 11.4. The van der Waals surface area contributed by atoms with Gasteiger partial charge in [-0.3, -0.25) is 0 Å². The van der Waals surface area contributed by atoms with Crippen LogP contribution >= 0.6 is 22.7 Å². The van der Waals surface area contributed by atoms with Crippen LogP contribution in [0.2, 0.25) is 0 Å².